The molecule has 0 amide bonds. The summed E-state index contributed by atoms with van der Waals surface area (Å²) in [6, 6.07) is 1.52. The Morgan fingerprint density at radius 2 is 2.26 bits per heavy atom. The third-order valence-electron chi connectivity index (χ3n) is 3.43. The Hall–Kier alpha value is 0.400. The molecule has 4 nitrogen and oxygen atoms in total. The fourth-order valence-corrected chi connectivity index (χ4v) is 6.66. The van der Waals surface area contributed by atoms with Gasteiger partial charge in [0.1, 0.15) is 4.90 Å². The van der Waals surface area contributed by atoms with Crippen molar-refractivity contribution in [3.63, 3.8) is 0 Å². The zero-order chi connectivity index (χ0) is 14.1. The van der Waals surface area contributed by atoms with E-state index < -0.39 is 10.0 Å². The molecule has 0 spiro atoms. The standard InChI is InChI=1S/C11H16BrNO3S3/c1-17-11(3-2-4-11)7-13-19(15,16)9-5-8(6-14)18-10(9)12/h5,13-14H,2-4,6-7H2,1H3. The quantitative estimate of drug-likeness (QED) is 0.789. The maximum atomic E-state index is 12.3. The highest BCUT2D eigenvalue weighted by Gasteiger charge is 2.37. The van der Waals surface area contributed by atoms with E-state index in [0.29, 0.717) is 15.2 Å². The maximum Gasteiger partial charge on any atom is 0.242 e. The fourth-order valence-electron chi connectivity index (χ4n) is 1.99. The summed E-state index contributed by atoms with van der Waals surface area (Å²) in [6.45, 7) is 0.320. The molecule has 8 heteroatoms. The van der Waals surface area contributed by atoms with Gasteiger partial charge >= 0.3 is 0 Å². The normalized spacial score (nSPS) is 18.3. The molecule has 0 unspecified atom stereocenters. The summed E-state index contributed by atoms with van der Waals surface area (Å²) >= 11 is 6.22. The van der Waals surface area contributed by atoms with Gasteiger partial charge in [-0.25, -0.2) is 13.1 Å². The lowest BCUT2D eigenvalue weighted by Crippen LogP contribution is -2.45. The molecule has 2 rings (SSSR count). The molecule has 1 aliphatic rings. The van der Waals surface area contributed by atoms with Crippen molar-refractivity contribution in [1.29, 1.82) is 0 Å². The third kappa shape index (κ3) is 3.36. The second-order valence-corrected chi connectivity index (χ2v) is 10.0. The van der Waals surface area contributed by atoms with Gasteiger partial charge in [0.05, 0.1) is 10.4 Å². The van der Waals surface area contributed by atoms with Crippen molar-refractivity contribution in [3.05, 3.63) is 14.7 Å². The van der Waals surface area contributed by atoms with Crippen LogP contribution in [0.25, 0.3) is 0 Å². The summed E-state index contributed by atoms with van der Waals surface area (Å²) in [6.07, 6.45) is 5.31. The molecule has 108 valence electrons. The minimum absolute atomic E-state index is 0.0649. The number of aliphatic hydroxyl groups excluding tert-OH is 1. The van der Waals surface area contributed by atoms with E-state index in [1.807, 2.05) is 6.26 Å². The van der Waals surface area contributed by atoms with Gasteiger partial charge in [0.15, 0.2) is 0 Å². The minimum Gasteiger partial charge on any atom is -0.391 e. The highest BCUT2D eigenvalue weighted by molar-refractivity contribution is 9.11. The summed E-state index contributed by atoms with van der Waals surface area (Å²) < 4.78 is 27.8. The van der Waals surface area contributed by atoms with Gasteiger partial charge in [-0.1, -0.05) is 6.42 Å². The van der Waals surface area contributed by atoms with E-state index in [2.05, 4.69) is 20.7 Å². The molecule has 0 radical (unpaired) electrons. The second kappa shape index (κ2) is 6.03. The highest BCUT2D eigenvalue weighted by Crippen LogP contribution is 2.42. The molecule has 1 aliphatic carbocycles. The zero-order valence-corrected chi connectivity index (χ0v) is 14.5. The van der Waals surface area contributed by atoms with Crippen molar-refractivity contribution in [1.82, 2.24) is 4.72 Å². The Morgan fingerprint density at radius 1 is 1.58 bits per heavy atom. The van der Waals surface area contributed by atoms with Crippen LogP contribution in [0, 0.1) is 0 Å². The molecule has 1 saturated carbocycles. The number of aliphatic hydroxyl groups is 1. The summed E-state index contributed by atoms with van der Waals surface area (Å²) in [5.41, 5.74) is 0. The Bertz CT molecular complexity index is 546. The van der Waals surface area contributed by atoms with Crippen LogP contribution in [-0.2, 0) is 16.6 Å². The molecule has 19 heavy (non-hydrogen) atoms. The first-order valence-electron chi connectivity index (χ1n) is 5.86. The molecule has 2 N–H and O–H groups in total. The molecule has 0 saturated heterocycles. The van der Waals surface area contributed by atoms with Gasteiger partial charge in [-0.2, -0.15) is 11.8 Å². The first-order chi connectivity index (χ1) is 8.92. The topological polar surface area (TPSA) is 66.4 Å². The number of nitrogens with one attached hydrogen (secondary N) is 1. The number of hydrogen-bond acceptors (Lipinski definition) is 5. The van der Waals surface area contributed by atoms with E-state index in [1.54, 1.807) is 11.8 Å². The predicted octanol–water partition coefficient (Wildman–Crippen LogP) is 2.57. The molecule has 1 heterocycles. The molecule has 1 fully saturated rings. The lowest BCUT2D eigenvalue weighted by molar-refractivity contribution is 0.285. The Balaban J connectivity index is 2.11. The first kappa shape index (κ1) is 15.8. The van der Waals surface area contributed by atoms with Crippen molar-refractivity contribution < 1.29 is 13.5 Å². The number of halogens is 1. The van der Waals surface area contributed by atoms with E-state index in [4.69, 9.17) is 5.11 Å². The molecule has 0 atom stereocenters. The van der Waals surface area contributed by atoms with Gasteiger partial charge in [-0.3, -0.25) is 0 Å². The van der Waals surface area contributed by atoms with E-state index in [1.165, 1.54) is 23.8 Å². The molecular formula is C11H16BrNO3S3. The van der Waals surface area contributed by atoms with Crippen LogP contribution in [0.1, 0.15) is 24.1 Å². The summed E-state index contributed by atoms with van der Waals surface area (Å²) in [5, 5.41) is 9.06. The monoisotopic (exact) mass is 385 g/mol. The van der Waals surface area contributed by atoms with Crippen molar-refractivity contribution in [2.24, 2.45) is 0 Å². The first-order valence-corrected chi connectivity index (χ1v) is 10.2. The molecule has 0 bridgehead atoms. The van der Waals surface area contributed by atoms with Crippen LogP contribution < -0.4 is 4.72 Å². The number of thiophene rings is 1. The Labute approximate surface area is 130 Å². The van der Waals surface area contributed by atoms with Crippen LogP contribution in [0.4, 0.5) is 0 Å². The fraction of sp³-hybridized carbons (Fsp3) is 0.636. The van der Waals surface area contributed by atoms with Crippen LogP contribution in [0.3, 0.4) is 0 Å². The molecule has 0 aromatic carbocycles. The van der Waals surface area contributed by atoms with Crippen molar-refractivity contribution in [3.8, 4) is 0 Å². The Morgan fingerprint density at radius 3 is 2.68 bits per heavy atom. The van der Waals surface area contributed by atoms with Crippen LogP contribution in [0.5, 0.6) is 0 Å². The van der Waals surface area contributed by atoms with Crippen molar-refractivity contribution in [2.75, 3.05) is 12.8 Å². The average Bonchev–Trinajstić information content (AvgIpc) is 2.70. The SMILES string of the molecule is CSC1(CNS(=O)(=O)c2cc(CO)sc2Br)CCC1. The molecular weight excluding hydrogens is 370 g/mol. The number of sulfonamides is 1. The predicted molar refractivity (Wildman–Crippen MR) is 83.2 cm³/mol. The molecule has 0 aliphatic heterocycles. The van der Waals surface area contributed by atoms with Crippen molar-refractivity contribution in [2.45, 2.75) is 35.5 Å². The molecule has 1 aromatic rings. The molecule has 1 aromatic heterocycles. The van der Waals surface area contributed by atoms with Gasteiger partial charge in [-0.15, -0.1) is 11.3 Å². The lowest BCUT2D eigenvalue weighted by Gasteiger charge is -2.40. The van der Waals surface area contributed by atoms with Gasteiger partial charge in [-0.05, 0) is 41.1 Å². The van der Waals surface area contributed by atoms with Gasteiger partial charge in [0, 0.05) is 16.2 Å². The van der Waals surface area contributed by atoms with E-state index in [9.17, 15) is 8.42 Å². The van der Waals surface area contributed by atoms with Crippen LogP contribution >= 0.6 is 39.0 Å². The Kier molecular flexibility index (Phi) is 5.01. The van der Waals surface area contributed by atoms with Gasteiger partial charge < -0.3 is 5.11 Å². The average molecular weight is 386 g/mol. The highest BCUT2D eigenvalue weighted by atomic mass is 79.9. The van der Waals surface area contributed by atoms with Gasteiger partial charge in [0.2, 0.25) is 10.0 Å². The largest absolute Gasteiger partial charge is 0.391 e. The number of thioether (sulfide) groups is 1. The minimum atomic E-state index is -3.51. The van der Waals surface area contributed by atoms with E-state index in [-0.39, 0.29) is 16.2 Å². The zero-order valence-electron chi connectivity index (χ0n) is 10.5. The van der Waals surface area contributed by atoms with Gasteiger partial charge in [0.25, 0.3) is 0 Å². The second-order valence-electron chi connectivity index (χ2n) is 4.57. The number of rotatable bonds is 6. The summed E-state index contributed by atoms with van der Waals surface area (Å²) in [4.78, 5) is 0.854. The maximum absolute atomic E-state index is 12.3. The third-order valence-corrected chi connectivity index (χ3v) is 8.49. The van der Waals surface area contributed by atoms with Crippen LogP contribution in [0.15, 0.2) is 14.7 Å². The smallest absolute Gasteiger partial charge is 0.242 e. The van der Waals surface area contributed by atoms with Crippen molar-refractivity contribution >= 4 is 49.1 Å². The summed E-state index contributed by atoms with van der Waals surface area (Å²) in [7, 11) is -3.51. The number of hydrogen-bond donors (Lipinski definition) is 2. The lowest BCUT2D eigenvalue weighted by atomic mass is 9.84. The summed E-state index contributed by atoms with van der Waals surface area (Å²) in [5.74, 6) is 0. The van der Waals surface area contributed by atoms with E-state index >= 15 is 0 Å². The van der Waals surface area contributed by atoms with E-state index in [0.717, 1.165) is 12.8 Å². The van der Waals surface area contributed by atoms with Crippen LogP contribution in [-0.4, -0.2) is 31.1 Å². The van der Waals surface area contributed by atoms with Crippen LogP contribution in [0.2, 0.25) is 0 Å².